The maximum atomic E-state index is 13.5. The summed E-state index contributed by atoms with van der Waals surface area (Å²) in [5.41, 5.74) is 1.44. The summed E-state index contributed by atoms with van der Waals surface area (Å²) in [4.78, 5) is 4.51. The van der Waals surface area contributed by atoms with E-state index in [0.717, 1.165) is 12.8 Å². The van der Waals surface area contributed by atoms with E-state index in [1.807, 2.05) is 0 Å². The molecule has 0 unspecified atom stereocenters. The van der Waals surface area contributed by atoms with Gasteiger partial charge in [-0.05, 0) is 31.5 Å². The molecular weight excluding hydrogens is 288 g/mol. The lowest BCUT2D eigenvalue weighted by Crippen LogP contribution is -2.02. The number of halogens is 2. The molecule has 0 aromatic carbocycles. The molecule has 116 valence electrons. The average Bonchev–Trinajstić information content (AvgIpc) is 3.13. The first kappa shape index (κ1) is 14.7. The lowest BCUT2D eigenvalue weighted by Gasteiger charge is -2.07. The van der Waals surface area contributed by atoms with Gasteiger partial charge in [0, 0.05) is 12.1 Å². The second kappa shape index (κ2) is 5.87. The third-order valence-electron chi connectivity index (χ3n) is 3.64. The number of hydrogen-bond acceptors (Lipinski definition) is 3. The predicted molar refractivity (Wildman–Crippen MR) is 79.8 cm³/mol. The van der Waals surface area contributed by atoms with Gasteiger partial charge in [0.2, 0.25) is 0 Å². The Kier molecular flexibility index (Phi) is 3.92. The summed E-state index contributed by atoms with van der Waals surface area (Å²) in [5, 5.41) is 4.83. The SMILES string of the molecule is CCCCn1nc(C)c2c(C(F)F)cc(-c3ccco3)nc21. The van der Waals surface area contributed by atoms with Gasteiger partial charge >= 0.3 is 0 Å². The van der Waals surface area contributed by atoms with Gasteiger partial charge in [-0.25, -0.2) is 18.4 Å². The fourth-order valence-corrected chi connectivity index (χ4v) is 2.57. The van der Waals surface area contributed by atoms with Gasteiger partial charge in [-0.1, -0.05) is 13.3 Å². The number of nitrogens with zero attached hydrogens (tertiary/aromatic N) is 3. The zero-order valence-electron chi connectivity index (χ0n) is 12.5. The minimum Gasteiger partial charge on any atom is -0.463 e. The largest absolute Gasteiger partial charge is 0.463 e. The van der Waals surface area contributed by atoms with Gasteiger partial charge in [0.15, 0.2) is 11.4 Å². The molecule has 3 aromatic heterocycles. The molecule has 0 bridgehead atoms. The van der Waals surface area contributed by atoms with Gasteiger partial charge in [0.1, 0.15) is 5.69 Å². The number of alkyl halides is 2. The summed E-state index contributed by atoms with van der Waals surface area (Å²) in [6.07, 6.45) is 0.845. The van der Waals surface area contributed by atoms with Crippen LogP contribution in [0, 0.1) is 6.92 Å². The summed E-state index contributed by atoms with van der Waals surface area (Å²) in [7, 11) is 0. The molecule has 6 heteroatoms. The number of aromatic nitrogens is 3. The molecule has 0 spiro atoms. The smallest absolute Gasteiger partial charge is 0.264 e. The first-order valence-corrected chi connectivity index (χ1v) is 7.32. The monoisotopic (exact) mass is 305 g/mol. The van der Waals surface area contributed by atoms with Crippen LogP contribution in [0.25, 0.3) is 22.5 Å². The number of hydrogen-bond donors (Lipinski definition) is 0. The van der Waals surface area contributed by atoms with Crippen molar-refractivity contribution in [2.75, 3.05) is 0 Å². The Labute approximate surface area is 126 Å². The molecule has 0 aliphatic carbocycles. The summed E-state index contributed by atoms with van der Waals surface area (Å²) in [5.74, 6) is 0.477. The van der Waals surface area contributed by atoms with E-state index >= 15 is 0 Å². The summed E-state index contributed by atoms with van der Waals surface area (Å²) >= 11 is 0. The van der Waals surface area contributed by atoms with E-state index in [2.05, 4.69) is 17.0 Å². The van der Waals surface area contributed by atoms with Crippen molar-refractivity contribution >= 4 is 11.0 Å². The molecule has 0 amide bonds. The molecule has 0 saturated heterocycles. The second-order valence-corrected chi connectivity index (χ2v) is 5.24. The van der Waals surface area contributed by atoms with Crippen LogP contribution >= 0.6 is 0 Å². The van der Waals surface area contributed by atoms with Crippen molar-refractivity contribution in [3.63, 3.8) is 0 Å². The third-order valence-corrected chi connectivity index (χ3v) is 3.64. The van der Waals surface area contributed by atoms with Crippen molar-refractivity contribution in [1.82, 2.24) is 14.8 Å². The van der Waals surface area contributed by atoms with Crippen LogP contribution in [0.1, 0.15) is 37.4 Å². The number of furan rings is 1. The molecule has 0 fully saturated rings. The van der Waals surface area contributed by atoms with Crippen molar-refractivity contribution < 1.29 is 13.2 Å². The molecule has 0 N–H and O–H groups in total. The molecule has 3 heterocycles. The van der Waals surface area contributed by atoms with Gasteiger partial charge in [0.25, 0.3) is 6.43 Å². The highest BCUT2D eigenvalue weighted by molar-refractivity contribution is 5.85. The minimum absolute atomic E-state index is 0.0448. The van der Waals surface area contributed by atoms with Gasteiger partial charge in [-0.15, -0.1) is 0 Å². The highest BCUT2D eigenvalue weighted by Crippen LogP contribution is 2.33. The van der Waals surface area contributed by atoms with Gasteiger partial charge < -0.3 is 4.42 Å². The van der Waals surface area contributed by atoms with Crippen LogP contribution in [-0.2, 0) is 6.54 Å². The molecule has 0 aliphatic heterocycles. The van der Waals surface area contributed by atoms with Crippen LogP contribution in [0.2, 0.25) is 0 Å². The summed E-state index contributed by atoms with van der Waals surface area (Å²) in [6.45, 7) is 4.48. The Bertz CT molecular complexity index is 778. The molecule has 3 aromatic rings. The normalized spacial score (nSPS) is 11.7. The minimum atomic E-state index is -2.58. The van der Waals surface area contributed by atoms with Crippen LogP contribution in [-0.4, -0.2) is 14.8 Å². The van der Waals surface area contributed by atoms with Crippen LogP contribution in [0.3, 0.4) is 0 Å². The predicted octanol–water partition coefficient (Wildman–Crippen LogP) is 4.74. The van der Waals surface area contributed by atoms with Gasteiger partial charge in [0.05, 0.1) is 17.3 Å². The second-order valence-electron chi connectivity index (χ2n) is 5.24. The number of aryl methyl sites for hydroxylation is 2. The Morgan fingerprint density at radius 3 is 2.82 bits per heavy atom. The molecule has 0 aliphatic rings. The van der Waals surface area contributed by atoms with Crippen molar-refractivity contribution in [2.24, 2.45) is 0 Å². The summed E-state index contributed by atoms with van der Waals surface area (Å²) < 4.78 is 33.9. The van der Waals surface area contributed by atoms with E-state index in [1.54, 1.807) is 23.7 Å². The number of rotatable bonds is 5. The van der Waals surface area contributed by atoms with E-state index < -0.39 is 6.43 Å². The molecule has 0 atom stereocenters. The van der Waals surface area contributed by atoms with Crippen LogP contribution in [0.5, 0.6) is 0 Å². The molecule has 0 saturated carbocycles. The fraction of sp³-hybridized carbons (Fsp3) is 0.375. The van der Waals surface area contributed by atoms with E-state index in [9.17, 15) is 8.78 Å². The molecule has 0 radical (unpaired) electrons. The zero-order valence-corrected chi connectivity index (χ0v) is 12.5. The lowest BCUT2D eigenvalue weighted by atomic mass is 10.1. The quantitative estimate of drug-likeness (QED) is 0.684. The van der Waals surface area contributed by atoms with Crippen molar-refractivity contribution in [2.45, 2.75) is 39.7 Å². The van der Waals surface area contributed by atoms with Gasteiger partial charge in [-0.3, -0.25) is 0 Å². The van der Waals surface area contributed by atoms with E-state index in [-0.39, 0.29) is 5.56 Å². The maximum absolute atomic E-state index is 13.5. The number of unbranched alkanes of at least 4 members (excludes halogenated alkanes) is 1. The van der Waals surface area contributed by atoms with E-state index in [1.165, 1.54) is 12.3 Å². The summed E-state index contributed by atoms with van der Waals surface area (Å²) in [6, 6.07) is 4.82. The first-order valence-electron chi connectivity index (χ1n) is 7.32. The standard InChI is InChI=1S/C16H17F2N3O/c1-3-4-7-21-16-14(10(2)20-21)11(15(17)18)9-12(19-16)13-6-5-8-22-13/h5-6,8-9,15H,3-4,7H2,1-2H3. The zero-order chi connectivity index (χ0) is 15.7. The van der Waals surface area contributed by atoms with E-state index in [4.69, 9.17) is 4.42 Å². The van der Waals surface area contributed by atoms with Crippen molar-refractivity contribution in [3.8, 4) is 11.5 Å². The Morgan fingerprint density at radius 2 is 2.18 bits per heavy atom. The lowest BCUT2D eigenvalue weighted by molar-refractivity contribution is 0.153. The van der Waals surface area contributed by atoms with Crippen LogP contribution in [0.15, 0.2) is 28.9 Å². The van der Waals surface area contributed by atoms with Crippen molar-refractivity contribution in [1.29, 1.82) is 0 Å². The third kappa shape index (κ3) is 2.49. The van der Waals surface area contributed by atoms with Gasteiger partial charge in [-0.2, -0.15) is 5.10 Å². The van der Waals surface area contributed by atoms with Crippen molar-refractivity contribution in [3.05, 3.63) is 35.7 Å². The highest BCUT2D eigenvalue weighted by atomic mass is 19.3. The highest BCUT2D eigenvalue weighted by Gasteiger charge is 2.21. The maximum Gasteiger partial charge on any atom is 0.264 e. The fourth-order valence-electron chi connectivity index (χ4n) is 2.57. The number of fused-ring (bicyclic) bond motifs is 1. The van der Waals surface area contributed by atoms with Crippen LogP contribution in [0.4, 0.5) is 8.78 Å². The number of pyridine rings is 1. The molecule has 4 nitrogen and oxygen atoms in total. The Balaban J connectivity index is 2.24. The van der Waals surface area contributed by atoms with E-state index in [0.29, 0.717) is 34.7 Å². The first-order chi connectivity index (χ1) is 10.6. The molecule has 22 heavy (non-hydrogen) atoms. The molecule has 3 rings (SSSR count). The topological polar surface area (TPSA) is 43.9 Å². The average molecular weight is 305 g/mol. The molecular formula is C16H17F2N3O. The Hall–Kier alpha value is -2.24. The van der Waals surface area contributed by atoms with Crippen LogP contribution < -0.4 is 0 Å². The Morgan fingerprint density at radius 1 is 1.36 bits per heavy atom.